The molecule has 154 valence electrons. The van der Waals surface area contributed by atoms with Crippen LogP contribution in [-0.4, -0.2) is 32.4 Å². The summed E-state index contributed by atoms with van der Waals surface area (Å²) in [6.07, 6.45) is 13.0. The van der Waals surface area contributed by atoms with E-state index in [-0.39, 0.29) is 0 Å². The van der Waals surface area contributed by atoms with Crippen LogP contribution in [0.1, 0.15) is 70.3 Å². The largest absolute Gasteiger partial charge is 0.493 e. The second-order valence-corrected chi connectivity index (χ2v) is 7.36. The molecule has 0 bridgehead atoms. The molecule has 0 radical (unpaired) electrons. The van der Waals surface area contributed by atoms with Crippen LogP contribution in [0.25, 0.3) is 0 Å². The number of hydrogen-bond acceptors (Lipinski definition) is 3. The van der Waals surface area contributed by atoms with Crippen LogP contribution in [0.4, 0.5) is 0 Å². The molecule has 0 saturated carbocycles. The predicted molar refractivity (Wildman–Crippen MR) is 119 cm³/mol. The minimum absolute atomic E-state index is 0.745. The van der Waals surface area contributed by atoms with Gasteiger partial charge in [0.25, 0.3) is 0 Å². The maximum Gasteiger partial charge on any atom is 0.166 e. The zero-order chi connectivity index (χ0) is 19.7. The maximum absolute atomic E-state index is 5.35. The summed E-state index contributed by atoms with van der Waals surface area (Å²) in [4.78, 5) is 0. The summed E-state index contributed by atoms with van der Waals surface area (Å²) in [5, 5.41) is 7.33. The summed E-state index contributed by atoms with van der Waals surface area (Å²) < 4.78 is 10.6. The molecule has 27 heavy (non-hydrogen) atoms. The van der Waals surface area contributed by atoms with Crippen molar-refractivity contribution in [1.29, 1.82) is 0 Å². The zero-order valence-corrected chi connectivity index (χ0v) is 18.3. The van der Waals surface area contributed by atoms with Crippen molar-refractivity contribution in [3.63, 3.8) is 0 Å². The van der Waals surface area contributed by atoms with Crippen molar-refractivity contribution in [3.8, 4) is 11.5 Å². The van der Waals surface area contributed by atoms with Gasteiger partial charge in [-0.25, -0.2) is 0 Å². The van der Waals surface area contributed by atoms with Crippen molar-refractivity contribution in [1.82, 2.24) is 10.6 Å². The Balaban J connectivity index is 2.03. The van der Waals surface area contributed by atoms with Crippen LogP contribution in [0.2, 0.25) is 0 Å². The van der Waals surface area contributed by atoms with Crippen LogP contribution in [0.15, 0.2) is 18.2 Å². The van der Waals surface area contributed by atoms with Gasteiger partial charge in [0.2, 0.25) is 0 Å². The molecule has 0 aliphatic carbocycles. The van der Waals surface area contributed by atoms with E-state index < -0.39 is 0 Å². The van der Waals surface area contributed by atoms with Crippen molar-refractivity contribution in [2.75, 3.05) is 27.3 Å². The molecule has 2 N–H and O–H groups in total. The Hall–Kier alpha value is -1.49. The van der Waals surface area contributed by atoms with E-state index in [1.54, 1.807) is 14.2 Å². The van der Waals surface area contributed by atoms with E-state index in [1.807, 2.05) is 12.1 Å². The lowest BCUT2D eigenvalue weighted by atomic mass is 10.1. The average Bonchev–Trinajstić information content (AvgIpc) is 2.69. The summed E-state index contributed by atoms with van der Waals surface area (Å²) in [6, 6.07) is 6.01. The molecule has 0 atom stereocenters. The number of benzene rings is 1. The van der Waals surface area contributed by atoms with Crippen LogP contribution >= 0.6 is 12.2 Å². The third-order valence-electron chi connectivity index (χ3n) is 4.71. The molecule has 0 heterocycles. The number of rotatable bonds is 15. The van der Waals surface area contributed by atoms with Crippen molar-refractivity contribution in [3.05, 3.63) is 23.8 Å². The second-order valence-electron chi connectivity index (χ2n) is 6.95. The van der Waals surface area contributed by atoms with Crippen LogP contribution in [0.5, 0.6) is 11.5 Å². The summed E-state index contributed by atoms with van der Waals surface area (Å²) >= 11 is 5.35. The Bertz CT molecular complexity index is 523. The molecular weight excluding hydrogens is 356 g/mol. The fourth-order valence-corrected chi connectivity index (χ4v) is 3.26. The predicted octanol–water partition coefficient (Wildman–Crippen LogP) is 5.24. The molecule has 0 spiro atoms. The summed E-state index contributed by atoms with van der Waals surface area (Å²) in [7, 11) is 3.31. The van der Waals surface area contributed by atoms with Crippen LogP contribution in [-0.2, 0) is 6.42 Å². The minimum Gasteiger partial charge on any atom is -0.493 e. The molecule has 0 aliphatic heterocycles. The van der Waals surface area contributed by atoms with Gasteiger partial charge in [0, 0.05) is 13.1 Å². The molecule has 5 heteroatoms. The van der Waals surface area contributed by atoms with Gasteiger partial charge in [-0.15, -0.1) is 0 Å². The topological polar surface area (TPSA) is 42.5 Å². The SMILES string of the molecule is CCCCCCCCCCCNC(=S)NCCc1ccc(OC)c(OC)c1. The van der Waals surface area contributed by atoms with Gasteiger partial charge in [0.15, 0.2) is 16.6 Å². The highest BCUT2D eigenvalue weighted by atomic mass is 32.1. The van der Waals surface area contributed by atoms with Gasteiger partial charge in [-0.3, -0.25) is 0 Å². The Morgan fingerprint density at radius 2 is 1.41 bits per heavy atom. The van der Waals surface area contributed by atoms with Crippen LogP contribution in [0, 0.1) is 0 Å². The molecule has 0 saturated heterocycles. The fourth-order valence-electron chi connectivity index (χ4n) is 3.06. The molecule has 0 aromatic heterocycles. The van der Waals surface area contributed by atoms with Crippen molar-refractivity contribution >= 4 is 17.3 Å². The first-order valence-corrected chi connectivity index (χ1v) is 10.8. The lowest BCUT2D eigenvalue weighted by molar-refractivity contribution is 0.354. The zero-order valence-electron chi connectivity index (χ0n) is 17.4. The van der Waals surface area contributed by atoms with E-state index in [1.165, 1.54) is 63.4 Å². The number of ether oxygens (including phenoxy) is 2. The molecular formula is C22H38N2O2S. The number of unbranched alkanes of at least 4 members (excludes halogenated alkanes) is 8. The Labute approximate surface area is 171 Å². The Morgan fingerprint density at radius 3 is 2.04 bits per heavy atom. The van der Waals surface area contributed by atoms with Gasteiger partial charge in [-0.05, 0) is 42.8 Å². The molecule has 1 aromatic rings. The third-order valence-corrected chi connectivity index (χ3v) is 5.00. The highest BCUT2D eigenvalue weighted by molar-refractivity contribution is 7.80. The van der Waals surface area contributed by atoms with Gasteiger partial charge in [-0.1, -0.05) is 64.4 Å². The lowest BCUT2D eigenvalue weighted by Gasteiger charge is -2.12. The first kappa shape index (κ1) is 23.5. The molecule has 4 nitrogen and oxygen atoms in total. The first-order valence-electron chi connectivity index (χ1n) is 10.4. The van der Waals surface area contributed by atoms with E-state index in [0.717, 1.165) is 36.1 Å². The average molecular weight is 395 g/mol. The molecule has 0 fully saturated rings. The Kier molecular flexibility index (Phi) is 13.6. The molecule has 0 unspecified atom stereocenters. The van der Waals surface area contributed by atoms with Gasteiger partial charge in [-0.2, -0.15) is 0 Å². The number of hydrogen-bond donors (Lipinski definition) is 2. The highest BCUT2D eigenvalue weighted by Crippen LogP contribution is 2.27. The van der Waals surface area contributed by atoms with Gasteiger partial charge in [0.1, 0.15) is 0 Å². The van der Waals surface area contributed by atoms with Crippen LogP contribution < -0.4 is 20.1 Å². The first-order chi connectivity index (χ1) is 13.2. The highest BCUT2D eigenvalue weighted by Gasteiger charge is 2.04. The maximum atomic E-state index is 5.35. The molecule has 0 amide bonds. The monoisotopic (exact) mass is 394 g/mol. The summed E-state index contributed by atoms with van der Waals surface area (Å²) in [5.74, 6) is 1.52. The quantitative estimate of drug-likeness (QED) is 0.314. The smallest absolute Gasteiger partial charge is 0.166 e. The lowest BCUT2D eigenvalue weighted by Crippen LogP contribution is -2.36. The number of methoxy groups -OCH3 is 2. The van der Waals surface area contributed by atoms with E-state index in [2.05, 4.69) is 23.6 Å². The van der Waals surface area contributed by atoms with Crippen molar-refractivity contribution in [2.24, 2.45) is 0 Å². The normalized spacial score (nSPS) is 10.5. The second kappa shape index (κ2) is 15.6. The van der Waals surface area contributed by atoms with Gasteiger partial charge < -0.3 is 20.1 Å². The Morgan fingerprint density at radius 1 is 0.815 bits per heavy atom. The number of nitrogens with one attached hydrogen (secondary N) is 2. The van der Waals surface area contributed by atoms with Gasteiger partial charge >= 0.3 is 0 Å². The fraction of sp³-hybridized carbons (Fsp3) is 0.682. The number of thiocarbonyl (C=S) groups is 1. The van der Waals surface area contributed by atoms with E-state index in [4.69, 9.17) is 21.7 Å². The van der Waals surface area contributed by atoms with E-state index in [9.17, 15) is 0 Å². The molecule has 1 rings (SSSR count). The summed E-state index contributed by atoms with van der Waals surface area (Å²) in [5.41, 5.74) is 1.20. The third kappa shape index (κ3) is 11.1. The van der Waals surface area contributed by atoms with E-state index >= 15 is 0 Å². The summed E-state index contributed by atoms with van der Waals surface area (Å²) in [6.45, 7) is 4.03. The molecule has 0 aliphatic rings. The van der Waals surface area contributed by atoms with Crippen LogP contribution in [0.3, 0.4) is 0 Å². The van der Waals surface area contributed by atoms with Crippen molar-refractivity contribution in [2.45, 2.75) is 71.1 Å². The minimum atomic E-state index is 0.745. The van der Waals surface area contributed by atoms with Gasteiger partial charge in [0.05, 0.1) is 14.2 Å². The standard InChI is InChI=1S/C22H38N2O2S/c1-4-5-6-7-8-9-10-11-12-16-23-22(27)24-17-15-19-13-14-20(25-2)21(18-19)26-3/h13-14,18H,4-12,15-17H2,1-3H3,(H2,23,24,27). The molecule has 1 aromatic carbocycles. The van der Waals surface area contributed by atoms with Crippen molar-refractivity contribution < 1.29 is 9.47 Å². The van der Waals surface area contributed by atoms with E-state index in [0.29, 0.717) is 0 Å².